The highest BCUT2D eigenvalue weighted by molar-refractivity contribution is 9.10. The first-order valence-electron chi connectivity index (χ1n) is 6.76. The van der Waals surface area contributed by atoms with E-state index >= 15 is 0 Å². The average molecular weight is 382 g/mol. The van der Waals surface area contributed by atoms with Crippen LogP contribution in [0.3, 0.4) is 0 Å². The smallest absolute Gasteiger partial charge is 0.193 e. The van der Waals surface area contributed by atoms with Gasteiger partial charge >= 0.3 is 0 Å². The summed E-state index contributed by atoms with van der Waals surface area (Å²) in [5.74, 6) is 1.04. The molecule has 3 N–H and O–H groups in total. The van der Waals surface area contributed by atoms with E-state index in [0.29, 0.717) is 22.7 Å². The molecule has 0 saturated heterocycles. The summed E-state index contributed by atoms with van der Waals surface area (Å²) in [6.07, 6.45) is 0. The number of hydrogen-bond acceptors (Lipinski definition) is 3. The average Bonchev–Trinajstić information content (AvgIpc) is 2.55. The number of nitrogens with zero attached hydrogens (tertiary/aromatic N) is 1. The molecular weight excluding hydrogens is 365 g/mol. The molecule has 0 amide bonds. The van der Waals surface area contributed by atoms with Crippen LogP contribution < -0.4 is 20.5 Å². The van der Waals surface area contributed by atoms with Gasteiger partial charge in [-0.25, -0.2) is 9.38 Å². The summed E-state index contributed by atoms with van der Waals surface area (Å²) in [7, 11) is 3.11. The first kappa shape index (κ1) is 17.1. The van der Waals surface area contributed by atoms with Gasteiger partial charge in [-0.3, -0.25) is 0 Å². The van der Waals surface area contributed by atoms with Gasteiger partial charge < -0.3 is 20.5 Å². The Bertz CT molecular complexity index is 722. The third-order valence-corrected chi connectivity index (χ3v) is 3.58. The molecule has 5 nitrogen and oxygen atoms in total. The van der Waals surface area contributed by atoms with Crippen molar-refractivity contribution in [2.75, 3.05) is 19.5 Å². The van der Waals surface area contributed by atoms with Crippen LogP contribution in [-0.2, 0) is 6.54 Å². The Morgan fingerprint density at radius 1 is 1.17 bits per heavy atom. The van der Waals surface area contributed by atoms with Crippen molar-refractivity contribution < 1.29 is 13.9 Å². The number of nitrogens with one attached hydrogen (secondary N) is 1. The first-order chi connectivity index (χ1) is 11.0. The number of anilines is 1. The topological polar surface area (TPSA) is 68.9 Å². The minimum atomic E-state index is -0.323. The van der Waals surface area contributed by atoms with Crippen LogP contribution in [0.4, 0.5) is 10.1 Å². The molecule has 0 fully saturated rings. The normalized spacial score (nSPS) is 11.2. The van der Waals surface area contributed by atoms with Crippen LogP contribution in [0, 0.1) is 5.82 Å². The van der Waals surface area contributed by atoms with Gasteiger partial charge in [-0.05, 0) is 30.3 Å². The van der Waals surface area contributed by atoms with Crippen molar-refractivity contribution in [1.29, 1.82) is 0 Å². The zero-order chi connectivity index (χ0) is 16.8. The van der Waals surface area contributed by atoms with Crippen LogP contribution in [0.5, 0.6) is 11.5 Å². The first-order valence-corrected chi connectivity index (χ1v) is 7.55. The molecule has 2 rings (SSSR count). The highest BCUT2D eigenvalue weighted by Crippen LogP contribution is 2.29. The van der Waals surface area contributed by atoms with E-state index in [0.717, 1.165) is 4.47 Å². The monoisotopic (exact) mass is 381 g/mol. The second-order valence-corrected chi connectivity index (χ2v) is 5.55. The number of benzene rings is 2. The third-order valence-electron chi connectivity index (χ3n) is 3.08. The maximum Gasteiger partial charge on any atom is 0.193 e. The number of methoxy groups -OCH3 is 2. The maximum atomic E-state index is 13.6. The second-order valence-electron chi connectivity index (χ2n) is 4.63. The van der Waals surface area contributed by atoms with Gasteiger partial charge in [-0.2, -0.15) is 0 Å². The van der Waals surface area contributed by atoms with Gasteiger partial charge in [0.15, 0.2) is 17.5 Å². The Kier molecular flexibility index (Phi) is 5.81. The summed E-state index contributed by atoms with van der Waals surface area (Å²) in [4.78, 5) is 4.14. The summed E-state index contributed by atoms with van der Waals surface area (Å²) < 4.78 is 24.8. The number of guanidine groups is 1. The predicted molar refractivity (Wildman–Crippen MR) is 92.6 cm³/mol. The van der Waals surface area contributed by atoms with E-state index in [1.165, 1.54) is 6.07 Å². The fourth-order valence-electron chi connectivity index (χ4n) is 1.94. The quantitative estimate of drug-likeness (QED) is 0.613. The van der Waals surface area contributed by atoms with Crippen molar-refractivity contribution in [1.82, 2.24) is 0 Å². The van der Waals surface area contributed by atoms with Gasteiger partial charge in [-0.15, -0.1) is 0 Å². The van der Waals surface area contributed by atoms with Crippen molar-refractivity contribution in [3.05, 3.63) is 52.3 Å². The highest BCUT2D eigenvalue weighted by atomic mass is 79.9. The third kappa shape index (κ3) is 4.59. The largest absolute Gasteiger partial charge is 0.493 e. The summed E-state index contributed by atoms with van der Waals surface area (Å²) >= 11 is 3.30. The number of halogens is 2. The van der Waals surface area contributed by atoms with Crippen molar-refractivity contribution >= 4 is 27.6 Å². The van der Waals surface area contributed by atoms with Gasteiger partial charge in [0.2, 0.25) is 0 Å². The van der Waals surface area contributed by atoms with Gasteiger partial charge in [0, 0.05) is 21.8 Å². The molecule has 0 saturated carbocycles. The Hall–Kier alpha value is -2.28. The molecule has 2 aromatic rings. The number of nitrogens with two attached hydrogens (primary N) is 1. The molecule has 0 atom stereocenters. The van der Waals surface area contributed by atoms with Crippen molar-refractivity contribution in [3.63, 3.8) is 0 Å². The molecule has 0 aromatic heterocycles. The highest BCUT2D eigenvalue weighted by Gasteiger charge is 2.06. The molecule has 122 valence electrons. The molecule has 0 aliphatic carbocycles. The van der Waals surface area contributed by atoms with Gasteiger partial charge in [-0.1, -0.05) is 15.9 Å². The molecule has 2 aromatic carbocycles. The maximum absolute atomic E-state index is 13.6. The Morgan fingerprint density at radius 2 is 1.91 bits per heavy atom. The van der Waals surface area contributed by atoms with Gasteiger partial charge in [0.25, 0.3) is 0 Å². The lowest BCUT2D eigenvalue weighted by Gasteiger charge is -2.11. The molecule has 0 bridgehead atoms. The van der Waals surface area contributed by atoms with Crippen LogP contribution in [0.15, 0.2) is 45.9 Å². The minimum Gasteiger partial charge on any atom is -0.493 e. The van der Waals surface area contributed by atoms with E-state index in [4.69, 9.17) is 15.2 Å². The molecule has 23 heavy (non-hydrogen) atoms. The van der Waals surface area contributed by atoms with E-state index in [2.05, 4.69) is 26.2 Å². The summed E-state index contributed by atoms with van der Waals surface area (Å²) in [6, 6.07) is 9.95. The second kappa shape index (κ2) is 7.82. The minimum absolute atomic E-state index is 0.136. The van der Waals surface area contributed by atoms with Crippen molar-refractivity contribution in [2.45, 2.75) is 6.54 Å². The standard InChI is InChI=1S/C16H17BrFN3O2/c1-22-14-6-4-12(8-15(14)23-2)21-16(19)20-9-10-7-11(17)3-5-13(10)18/h3-8H,9H2,1-2H3,(H3,19,20,21). The summed E-state index contributed by atoms with van der Waals surface area (Å²) in [6.45, 7) is 0.136. The molecule has 0 aliphatic rings. The SMILES string of the molecule is COc1ccc(NC(N)=NCc2cc(Br)ccc2F)cc1OC. The molecule has 0 aliphatic heterocycles. The molecule has 7 heteroatoms. The Balaban J connectivity index is 2.09. The van der Waals surface area contributed by atoms with E-state index in [1.54, 1.807) is 44.6 Å². The van der Waals surface area contributed by atoms with Crippen LogP contribution >= 0.6 is 15.9 Å². The number of aliphatic imine (C=N–C) groups is 1. The lowest BCUT2D eigenvalue weighted by molar-refractivity contribution is 0.355. The number of rotatable bonds is 5. The zero-order valence-electron chi connectivity index (χ0n) is 12.8. The van der Waals surface area contributed by atoms with E-state index < -0.39 is 0 Å². The van der Waals surface area contributed by atoms with E-state index in [-0.39, 0.29) is 18.3 Å². The van der Waals surface area contributed by atoms with Crippen LogP contribution in [-0.4, -0.2) is 20.2 Å². The van der Waals surface area contributed by atoms with Crippen molar-refractivity contribution in [3.8, 4) is 11.5 Å². The Morgan fingerprint density at radius 3 is 2.61 bits per heavy atom. The van der Waals surface area contributed by atoms with Gasteiger partial charge in [0.1, 0.15) is 5.82 Å². The van der Waals surface area contributed by atoms with Crippen LogP contribution in [0.25, 0.3) is 0 Å². The van der Waals surface area contributed by atoms with E-state index in [9.17, 15) is 4.39 Å². The zero-order valence-corrected chi connectivity index (χ0v) is 14.4. The summed E-state index contributed by atoms with van der Waals surface area (Å²) in [5, 5.41) is 2.93. The molecule has 0 heterocycles. The van der Waals surface area contributed by atoms with Crippen molar-refractivity contribution in [2.24, 2.45) is 10.7 Å². The lowest BCUT2D eigenvalue weighted by atomic mass is 10.2. The molecule has 0 radical (unpaired) electrons. The molecular formula is C16H17BrFN3O2. The fourth-order valence-corrected chi connectivity index (χ4v) is 2.34. The van der Waals surface area contributed by atoms with Crippen LogP contribution in [0.2, 0.25) is 0 Å². The van der Waals surface area contributed by atoms with Gasteiger partial charge in [0.05, 0.1) is 20.8 Å². The summed E-state index contributed by atoms with van der Waals surface area (Å²) in [5.41, 5.74) is 6.98. The predicted octanol–water partition coefficient (Wildman–Crippen LogP) is 3.53. The lowest BCUT2D eigenvalue weighted by Crippen LogP contribution is -2.22. The van der Waals surface area contributed by atoms with Crippen LogP contribution in [0.1, 0.15) is 5.56 Å². The molecule has 0 unspecified atom stereocenters. The number of ether oxygens (including phenoxy) is 2. The molecule has 0 spiro atoms. The fraction of sp³-hybridized carbons (Fsp3) is 0.188. The Labute approximate surface area is 142 Å². The van der Waals surface area contributed by atoms with E-state index in [1.807, 2.05) is 0 Å². The number of hydrogen-bond donors (Lipinski definition) is 2.